The van der Waals surface area contributed by atoms with Gasteiger partial charge in [0.05, 0.1) is 32.5 Å². The molecule has 0 bridgehead atoms. The highest BCUT2D eigenvalue weighted by molar-refractivity contribution is 6.46. The number of Topliss-reactive ketones (excluding diaryl/α,β-unsaturated/α-hetero) is 1. The minimum Gasteiger partial charge on any atom is -0.507 e. The second-order valence-corrected chi connectivity index (χ2v) is 6.55. The number of pyridine rings is 1. The van der Waals surface area contributed by atoms with Gasteiger partial charge in [-0.2, -0.15) is 0 Å². The third-order valence-corrected chi connectivity index (χ3v) is 4.38. The molecule has 0 saturated carbocycles. The summed E-state index contributed by atoms with van der Waals surface area (Å²) in [5, 5.41) is 10.7. The average molecular weight is 356 g/mol. The summed E-state index contributed by atoms with van der Waals surface area (Å²) in [4.78, 5) is 31.9. The summed E-state index contributed by atoms with van der Waals surface area (Å²) in [6.45, 7) is 1.27. The van der Waals surface area contributed by atoms with Crippen LogP contribution in [0, 0.1) is 0 Å². The second-order valence-electron chi connectivity index (χ2n) is 6.55. The van der Waals surface area contributed by atoms with Crippen LogP contribution >= 0.6 is 0 Å². The number of carbonyl (C=O) groups excluding carboxylic acids is 2. The van der Waals surface area contributed by atoms with E-state index in [2.05, 4.69) is 4.98 Å². The van der Waals surface area contributed by atoms with E-state index in [4.69, 9.17) is 4.42 Å². The van der Waals surface area contributed by atoms with E-state index in [0.29, 0.717) is 17.9 Å². The van der Waals surface area contributed by atoms with Crippen LogP contribution in [-0.2, 0) is 9.59 Å². The van der Waals surface area contributed by atoms with Gasteiger partial charge in [-0.05, 0) is 24.3 Å². The van der Waals surface area contributed by atoms with Gasteiger partial charge in [0.1, 0.15) is 17.6 Å². The summed E-state index contributed by atoms with van der Waals surface area (Å²) in [6.07, 6.45) is 5.27. The Labute approximate surface area is 151 Å². The number of ketones is 1. The van der Waals surface area contributed by atoms with Gasteiger partial charge in [-0.1, -0.05) is 0 Å². The van der Waals surface area contributed by atoms with Gasteiger partial charge in [-0.25, -0.2) is 0 Å². The van der Waals surface area contributed by atoms with Crippen LogP contribution in [0.2, 0.25) is 0 Å². The molecule has 3 rings (SSSR count). The number of aromatic nitrogens is 1. The van der Waals surface area contributed by atoms with E-state index >= 15 is 0 Å². The first kappa shape index (κ1) is 17.9. The van der Waals surface area contributed by atoms with E-state index in [0.717, 1.165) is 13.0 Å². The van der Waals surface area contributed by atoms with E-state index in [1.54, 1.807) is 24.3 Å². The lowest BCUT2D eigenvalue weighted by Gasteiger charge is -2.23. The molecule has 1 aliphatic rings. The Morgan fingerprint density at radius 3 is 2.62 bits per heavy atom. The normalized spacial score (nSPS) is 19.5. The topological polar surface area (TPSA) is 88.1 Å². The molecule has 2 aromatic rings. The molecule has 0 unspecified atom stereocenters. The van der Waals surface area contributed by atoms with Crippen molar-refractivity contribution in [3.8, 4) is 0 Å². The largest absolute Gasteiger partial charge is 0.507 e. The van der Waals surface area contributed by atoms with Crippen molar-refractivity contribution in [2.75, 3.05) is 27.2 Å². The van der Waals surface area contributed by atoms with Gasteiger partial charge in [-0.15, -0.1) is 0 Å². The van der Waals surface area contributed by atoms with Gasteiger partial charge >= 0.3 is 0 Å². The first-order valence-electron chi connectivity index (χ1n) is 8.52. The fourth-order valence-corrected chi connectivity index (χ4v) is 3.12. The molecule has 1 atom stereocenters. The number of nitrogens with zero attached hydrogens (tertiary/aromatic N) is 2. The smallest absolute Gasteiger partial charge is 0.295 e. The number of hydrogen-bond acceptors (Lipinski definition) is 5. The Kier molecular flexibility index (Phi) is 5.18. The number of hydrogen-bond donors (Lipinski definition) is 2. The predicted octanol–water partition coefficient (Wildman–Crippen LogP) is 0.631. The summed E-state index contributed by atoms with van der Waals surface area (Å²) in [5.41, 5.74) is 0.487. The quantitative estimate of drug-likeness (QED) is 0.450. The molecule has 26 heavy (non-hydrogen) atoms. The number of aliphatic hydroxyl groups is 1. The van der Waals surface area contributed by atoms with E-state index in [9.17, 15) is 14.7 Å². The molecule has 1 fully saturated rings. The number of aliphatic hydroxyl groups excluding tert-OH is 1. The molecule has 7 nitrogen and oxygen atoms in total. The Morgan fingerprint density at radius 1 is 1.27 bits per heavy atom. The fourth-order valence-electron chi connectivity index (χ4n) is 3.12. The summed E-state index contributed by atoms with van der Waals surface area (Å²) >= 11 is 0. The summed E-state index contributed by atoms with van der Waals surface area (Å²) in [5.74, 6) is -1.07. The van der Waals surface area contributed by atoms with Crippen molar-refractivity contribution >= 4 is 17.4 Å². The van der Waals surface area contributed by atoms with Gasteiger partial charge in [0.15, 0.2) is 0 Å². The molecule has 7 heteroatoms. The van der Waals surface area contributed by atoms with E-state index in [-0.39, 0.29) is 11.3 Å². The van der Waals surface area contributed by atoms with Crippen molar-refractivity contribution in [1.82, 2.24) is 9.88 Å². The van der Waals surface area contributed by atoms with E-state index in [1.165, 1.54) is 28.5 Å². The van der Waals surface area contributed by atoms with Gasteiger partial charge in [0, 0.05) is 30.9 Å². The van der Waals surface area contributed by atoms with E-state index in [1.807, 2.05) is 14.1 Å². The highest BCUT2D eigenvalue weighted by atomic mass is 16.3. The number of carbonyl (C=O) groups is 2. The zero-order valence-electron chi connectivity index (χ0n) is 14.8. The summed E-state index contributed by atoms with van der Waals surface area (Å²) in [6, 6.07) is 5.87. The van der Waals surface area contributed by atoms with Crippen LogP contribution in [0.1, 0.15) is 23.8 Å². The van der Waals surface area contributed by atoms with Crippen LogP contribution in [0.5, 0.6) is 0 Å². The molecule has 2 aromatic heterocycles. The van der Waals surface area contributed by atoms with Crippen molar-refractivity contribution in [1.29, 1.82) is 0 Å². The number of nitrogens with one attached hydrogen (secondary N) is 1. The third-order valence-electron chi connectivity index (χ3n) is 4.38. The molecule has 1 aliphatic heterocycles. The minimum atomic E-state index is -0.727. The average Bonchev–Trinajstić information content (AvgIpc) is 3.24. The van der Waals surface area contributed by atoms with Crippen molar-refractivity contribution in [3.05, 3.63) is 59.8 Å². The summed E-state index contributed by atoms with van der Waals surface area (Å²) in [7, 11) is 4.06. The fraction of sp³-hybridized carbons (Fsp3) is 0.316. The van der Waals surface area contributed by atoms with Crippen molar-refractivity contribution in [3.63, 3.8) is 0 Å². The highest BCUT2D eigenvalue weighted by Crippen LogP contribution is 2.39. The lowest BCUT2D eigenvalue weighted by molar-refractivity contribution is -0.858. The van der Waals surface area contributed by atoms with Crippen molar-refractivity contribution in [2.24, 2.45) is 0 Å². The molecule has 2 N–H and O–H groups in total. The Balaban J connectivity index is 2.02. The molecule has 136 valence electrons. The first-order valence-corrected chi connectivity index (χ1v) is 8.52. The van der Waals surface area contributed by atoms with Crippen LogP contribution in [0.25, 0.3) is 5.76 Å². The summed E-state index contributed by atoms with van der Waals surface area (Å²) < 4.78 is 5.48. The number of quaternary nitrogens is 1. The standard InChI is InChI=1S/C19H21N3O4/c1-21(2)10-4-11-22-16(14-5-3-12-26-14)15(18(24)19(22)25)17(23)13-6-8-20-9-7-13/h3,5-9,12,16,23H,4,10-11H2,1-2H3/p+1/t16-/m1/s1. The molecule has 0 radical (unpaired) electrons. The van der Waals surface area contributed by atoms with Gasteiger partial charge < -0.3 is 19.3 Å². The zero-order chi connectivity index (χ0) is 18.7. The SMILES string of the molecule is C[NH+](C)CCCN1C(=O)C(=O)C(=C(O)c2ccncc2)[C@H]1c1ccco1. The number of amides is 1. The second kappa shape index (κ2) is 7.53. The number of likely N-dealkylation sites (tertiary alicyclic amines) is 1. The first-order chi connectivity index (χ1) is 12.5. The molecule has 1 amide bonds. The molecule has 3 heterocycles. The molecule has 1 saturated heterocycles. The van der Waals surface area contributed by atoms with Crippen LogP contribution in [0.15, 0.2) is 52.9 Å². The maximum absolute atomic E-state index is 12.7. The van der Waals surface area contributed by atoms with Crippen LogP contribution in [0.3, 0.4) is 0 Å². The molecule has 0 aromatic carbocycles. The van der Waals surface area contributed by atoms with Gasteiger partial charge in [0.2, 0.25) is 0 Å². The highest BCUT2D eigenvalue weighted by Gasteiger charge is 2.47. The number of rotatable bonds is 6. The van der Waals surface area contributed by atoms with Gasteiger partial charge in [0.25, 0.3) is 11.7 Å². The Hall–Kier alpha value is -2.93. The third kappa shape index (κ3) is 3.39. The van der Waals surface area contributed by atoms with Crippen molar-refractivity contribution < 1.29 is 24.0 Å². The minimum absolute atomic E-state index is 0.0494. The van der Waals surface area contributed by atoms with Crippen molar-refractivity contribution in [2.45, 2.75) is 12.5 Å². The Morgan fingerprint density at radius 2 is 2.00 bits per heavy atom. The zero-order valence-corrected chi connectivity index (χ0v) is 14.8. The molecular formula is C19H22N3O4+. The molecular weight excluding hydrogens is 334 g/mol. The van der Waals surface area contributed by atoms with Crippen LogP contribution in [0.4, 0.5) is 0 Å². The lowest BCUT2D eigenvalue weighted by Crippen LogP contribution is -3.05. The van der Waals surface area contributed by atoms with Crippen LogP contribution in [-0.4, -0.2) is 53.9 Å². The maximum atomic E-state index is 12.7. The number of furan rings is 1. The molecule has 0 aliphatic carbocycles. The molecule has 0 spiro atoms. The Bertz CT molecular complexity index is 813. The maximum Gasteiger partial charge on any atom is 0.295 e. The van der Waals surface area contributed by atoms with Gasteiger partial charge in [-0.3, -0.25) is 14.6 Å². The monoisotopic (exact) mass is 356 g/mol. The van der Waals surface area contributed by atoms with E-state index < -0.39 is 17.7 Å². The predicted molar refractivity (Wildman–Crippen MR) is 94.2 cm³/mol. The lowest BCUT2D eigenvalue weighted by atomic mass is 10.00. The van der Waals surface area contributed by atoms with Crippen LogP contribution < -0.4 is 4.90 Å².